The Kier molecular flexibility index (Phi) is 18.4. The molecule has 5 nitrogen and oxygen atoms in total. The second-order valence-corrected chi connectivity index (χ2v) is 15.6. The largest absolute Gasteiger partial charge is 0.279 e. The first-order valence-electron chi connectivity index (χ1n) is 22.3. The average molecular weight is 752 g/mol. The normalized spacial score (nSPS) is 11.2. The van der Waals surface area contributed by atoms with Crippen LogP contribution in [0.5, 0.6) is 0 Å². The minimum atomic E-state index is 0.845. The molecule has 5 heteroatoms. The summed E-state index contributed by atoms with van der Waals surface area (Å²) in [4.78, 5) is 20.6. The molecule has 5 rings (SSSR count). The fourth-order valence-electron chi connectivity index (χ4n) is 7.57. The van der Waals surface area contributed by atoms with Gasteiger partial charge in [0.25, 0.3) is 0 Å². The van der Waals surface area contributed by atoms with Crippen molar-refractivity contribution in [3.63, 3.8) is 0 Å². The van der Waals surface area contributed by atoms with Crippen LogP contribution in [0.15, 0.2) is 103 Å². The van der Waals surface area contributed by atoms with Crippen LogP contribution in [0.25, 0.3) is 0 Å². The van der Waals surface area contributed by atoms with E-state index >= 15 is 0 Å². The van der Waals surface area contributed by atoms with Crippen molar-refractivity contribution in [3.05, 3.63) is 126 Å². The second kappa shape index (κ2) is 24.2. The highest BCUT2D eigenvalue weighted by Gasteiger charge is 2.21. The number of nitrogens with zero attached hydrogens (tertiary/aromatic N) is 5. The van der Waals surface area contributed by atoms with Gasteiger partial charge in [0.2, 0.25) is 0 Å². The highest BCUT2D eigenvalue weighted by atomic mass is 15.3. The minimum Gasteiger partial charge on any atom is -0.279 e. The van der Waals surface area contributed by atoms with Crippen molar-refractivity contribution in [2.24, 2.45) is 0 Å². The second-order valence-electron chi connectivity index (χ2n) is 15.6. The van der Waals surface area contributed by atoms with E-state index in [-0.39, 0.29) is 0 Å². The van der Waals surface area contributed by atoms with Gasteiger partial charge in [0.15, 0.2) is 0 Å². The van der Waals surface area contributed by atoms with Crippen molar-refractivity contribution in [1.29, 1.82) is 0 Å². The Hall–Kier alpha value is -4.51. The Bertz CT molecular complexity index is 1610. The molecule has 0 aliphatic rings. The van der Waals surface area contributed by atoms with Crippen molar-refractivity contribution < 1.29 is 0 Å². The highest BCUT2D eigenvalue weighted by molar-refractivity contribution is 5.77. The summed E-state index contributed by atoms with van der Waals surface area (Å²) in [5.74, 6) is 3.49. The zero-order valence-electron chi connectivity index (χ0n) is 35.2. The van der Waals surface area contributed by atoms with Gasteiger partial charge in [-0.2, -0.15) is 0 Å². The third kappa shape index (κ3) is 13.3. The van der Waals surface area contributed by atoms with Crippen LogP contribution < -0.4 is 9.80 Å². The molecule has 0 aliphatic carbocycles. The first-order valence-corrected chi connectivity index (χ1v) is 22.3. The fourth-order valence-corrected chi connectivity index (χ4v) is 7.57. The molecule has 298 valence electrons. The molecule has 5 aromatic rings. The molecule has 0 saturated heterocycles. The van der Waals surface area contributed by atoms with Crippen LogP contribution in [0.2, 0.25) is 0 Å². The molecule has 56 heavy (non-hydrogen) atoms. The SMILES string of the molecule is CCCCCCc1cccc(N(c2cccc(CCCCCC)n2)c2cccc(N(c3cccc(CCCCCC)c3)c3cccc(CCCCCC)n3)n2)c1. The van der Waals surface area contributed by atoms with Gasteiger partial charge in [-0.05, 0) is 123 Å². The Morgan fingerprint density at radius 1 is 0.339 bits per heavy atom. The maximum atomic E-state index is 5.52. The van der Waals surface area contributed by atoms with Gasteiger partial charge in [-0.3, -0.25) is 9.80 Å². The van der Waals surface area contributed by atoms with Crippen LogP contribution in [-0.4, -0.2) is 15.0 Å². The predicted octanol–water partition coefficient (Wildman–Crippen LogP) is 15.3. The number of hydrogen-bond donors (Lipinski definition) is 0. The summed E-state index contributed by atoms with van der Waals surface area (Å²) in [5, 5.41) is 0. The molecule has 0 atom stereocenters. The third-order valence-corrected chi connectivity index (χ3v) is 10.8. The van der Waals surface area contributed by atoms with Crippen LogP contribution >= 0.6 is 0 Å². The molecule has 0 bridgehead atoms. The number of anilines is 6. The third-order valence-electron chi connectivity index (χ3n) is 10.8. The van der Waals surface area contributed by atoms with E-state index < -0.39 is 0 Å². The van der Waals surface area contributed by atoms with Crippen molar-refractivity contribution in [1.82, 2.24) is 15.0 Å². The van der Waals surface area contributed by atoms with Gasteiger partial charge in [0.05, 0.1) is 0 Å². The number of aryl methyl sites for hydroxylation is 4. The maximum absolute atomic E-state index is 5.52. The lowest BCUT2D eigenvalue weighted by Gasteiger charge is -2.28. The monoisotopic (exact) mass is 752 g/mol. The Morgan fingerprint density at radius 3 is 1.07 bits per heavy atom. The van der Waals surface area contributed by atoms with Gasteiger partial charge in [-0.15, -0.1) is 0 Å². The summed E-state index contributed by atoms with van der Waals surface area (Å²) in [6, 6.07) is 37.4. The molecule has 0 radical (unpaired) electrons. The molecule has 0 aliphatic heterocycles. The number of rotatable bonds is 26. The Labute approximate surface area is 340 Å². The lowest BCUT2D eigenvalue weighted by molar-refractivity contribution is 0.660. The molecule has 3 aromatic heterocycles. The van der Waals surface area contributed by atoms with E-state index in [1.165, 1.54) is 101 Å². The van der Waals surface area contributed by atoms with Crippen LogP contribution in [0.3, 0.4) is 0 Å². The smallest absolute Gasteiger partial charge is 0.141 e. The molecule has 0 unspecified atom stereocenters. The molecular weight excluding hydrogens is 683 g/mol. The Balaban J connectivity index is 1.57. The molecule has 2 aromatic carbocycles. The minimum absolute atomic E-state index is 0.845. The van der Waals surface area contributed by atoms with E-state index in [9.17, 15) is 0 Å². The fraction of sp³-hybridized carbons (Fsp3) is 0.471. The molecule has 0 fully saturated rings. The maximum Gasteiger partial charge on any atom is 0.141 e. The summed E-state index contributed by atoms with van der Waals surface area (Å²) >= 11 is 0. The van der Waals surface area contributed by atoms with Gasteiger partial charge < -0.3 is 0 Å². The first-order chi connectivity index (χ1) is 27.6. The van der Waals surface area contributed by atoms with E-state index in [4.69, 9.17) is 15.0 Å². The lowest BCUT2D eigenvalue weighted by atomic mass is 10.1. The molecule has 0 N–H and O–H groups in total. The van der Waals surface area contributed by atoms with E-state index in [1.807, 2.05) is 0 Å². The summed E-state index contributed by atoms with van der Waals surface area (Å²) in [7, 11) is 0. The predicted molar refractivity (Wildman–Crippen MR) is 241 cm³/mol. The number of pyridine rings is 3. The van der Waals surface area contributed by atoms with E-state index in [2.05, 4.69) is 141 Å². The number of unbranched alkanes of at least 4 members (excludes halogenated alkanes) is 12. The van der Waals surface area contributed by atoms with Gasteiger partial charge in [0.1, 0.15) is 23.3 Å². The van der Waals surface area contributed by atoms with Gasteiger partial charge >= 0.3 is 0 Å². The summed E-state index contributed by atoms with van der Waals surface area (Å²) in [6.07, 6.45) is 23.9. The first kappa shape index (κ1) is 42.6. The van der Waals surface area contributed by atoms with Gasteiger partial charge in [0, 0.05) is 22.8 Å². The molecule has 0 amide bonds. The zero-order valence-corrected chi connectivity index (χ0v) is 35.2. The Morgan fingerprint density at radius 2 is 0.679 bits per heavy atom. The van der Waals surface area contributed by atoms with E-state index in [0.29, 0.717) is 0 Å². The quantitative estimate of drug-likeness (QED) is 0.0527. The molecular formula is C51H69N5. The van der Waals surface area contributed by atoms with Crippen molar-refractivity contribution in [2.75, 3.05) is 9.80 Å². The van der Waals surface area contributed by atoms with Crippen LogP contribution in [0, 0.1) is 0 Å². The van der Waals surface area contributed by atoms with Crippen LogP contribution in [0.1, 0.15) is 153 Å². The molecule has 0 spiro atoms. The van der Waals surface area contributed by atoms with E-state index in [0.717, 1.165) is 84.6 Å². The lowest BCUT2D eigenvalue weighted by Crippen LogP contribution is -2.18. The summed E-state index contributed by atoms with van der Waals surface area (Å²) in [6.45, 7) is 9.09. The van der Waals surface area contributed by atoms with Crippen molar-refractivity contribution in [3.8, 4) is 0 Å². The van der Waals surface area contributed by atoms with Gasteiger partial charge in [-0.1, -0.05) is 147 Å². The molecule has 3 heterocycles. The molecule has 0 saturated carbocycles. The van der Waals surface area contributed by atoms with Gasteiger partial charge in [-0.25, -0.2) is 15.0 Å². The van der Waals surface area contributed by atoms with Crippen LogP contribution in [-0.2, 0) is 25.7 Å². The van der Waals surface area contributed by atoms with Crippen molar-refractivity contribution in [2.45, 2.75) is 156 Å². The zero-order chi connectivity index (χ0) is 39.2. The number of hydrogen-bond acceptors (Lipinski definition) is 5. The number of benzene rings is 2. The summed E-state index contributed by atoms with van der Waals surface area (Å²) < 4.78 is 0. The highest BCUT2D eigenvalue weighted by Crippen LogP contribution is 2.38. The van der Waals surface area contributed by atoms with E-state index in [1.54, 1.807) is 0 Å². The summed E-state index contributed by atoms with van der Waals surface area (Å²) in [5.41, 5.74) is 7.15. The van der Waals surface area contributed by atoms with Crippen LogP contribution in [0.4, 0.5) is 34.6 Å². The van der Waals surface area contributed by atoms with Crippen molar-refractivity contribution >= 4 is 34.6 Å². The topological polar surface area (TPSA) is 45.2 Å². The standard InChI is InChI=1S/C51H69N5/c1-5-9-13-17-26-42-28-21-34-46(40-42)55(48-36-23-32-44(52-48)30-19-15-11-7-3)50-38-25-39-51(54-50)56(47-35-22-29-43(41-47)27-18-14-10-6-2)49-37-24-33-45(53-49)31-20-16-12-8-4/h21-25,28-29,32-41H,5-20,26-27,30-31H2,1-4H3. The number of aromatic nitrogens is 3. The average Bonchev–Trinajstić information content (AvgIpc) is 3.23.